The minimum absolute atomic E-state index is 0.00642. The van der Waals surface area contributed by atoms with E-state index in [1.54, 1.807) is 4.52 Å². The van der Waals surface area contributed by atoms with Gasteiger partial charge in [0.15, 0.2) is 6.10 Å². The lowest BCUT2D eigenvalue weighted by molar-refractivity contribution is 0.0363. The van der Waals surface area contributed by atoms with E-state index in [4.69, 9.17) is 4.74 Å². The van der Waals surface area contributed by atoms with E-state index >= 15 is 0 Å². The van der Waals surface area contributed by atoms with Gasteiger partial charge in [-0.1, -0.05) is 60.7 Å². The van der Waals surface area contributed by atoms with Gasteiger partial charge in [-0.15, -0.1) is 5.10 Å². The molecule has 134 valence electrons. The molecule has 0 fully saturated rings. The summed E-state index contributed by atoms with van der Waals surface area (Å²) in [6.45, 7) is 3.77. The molecule has 6 nitrogen and oxygen atoms in total. The predicted molar refractivity (Wildman–Crippen MR) is 100 cm³/mol. The topological polar surface area (TPSA) is 69.4 Å². The molecular formula is C21H18N4O2. The number of aryl methyl sites for hydroxylation is 2. The van der Waals surface area contributed by atoms with Gasteiger partial charge in [0.25, 0.3) is 11.6 Å². The molecular weight excluding hydrogens is 340 g/mol. The first-order valence-corrected chi connectivity index (χ1v) is 8.64. The fourth-order valence-corrected chi connectivity index (χ4v) is 3.00. The van der Waals surface area contributed by atoms with E-state index in [9.17, 15) is 4.79 Å². The molecule has 0 aliphatic rings. The molecule has 2 heterocycles. The standard InChI is InChI=1S/C21H18N4O2/c1-14-13-15(2)25-21(22-14)23-19(24-25)20(26)27-18(16-9-5-3-6-10-16)17-11-7-4-8-12-17/h3-13,18H,1-2H3. The molecule has 0 unspecified atom stereocenters. The minimum Gasteiger partial charge on any atom is -0.447 e. The molecule has 0 amide bonds. The van der Waals surface area contributed by atoms with Gasteiger partial charge in [0, 0.05) is 11.4 Å². The Morgan fingerprint density at radius 1 is 0.926 bits per heavy atom. The number of aromatic nitrogens is 4. The zero-order chi connectivity index (χ0) is 18.8. The van der Waals surface area contributed by atoms with Crippen molar-refractivity contribution in [1.82, 2.24) is 19.6 Å². The average Bonchev–Trinajstić information content (AvgIpc) is 3.12. The van der Waals surface area contributed by atoms with Crippen LogP contribution in [0.4, 0.5) is 0 Å². The van der Waals surface area contributed by atoms with Crippen molar-refractivity contribution in [3.8, 4) is 0 Å². The largest absolute Gasteiger partial charge is 0.447 e. The number of nitrogens with zero attached hydrogens (tertiary/aromatic N) is 4. The minimum atomic E-state index is -0.588. The van der Waals surface area contributed by atoms with Crippen molar-refractivity contribution in [2.45, 2.75) is 20.0 Å². The van der Waals surface area contributed by atoms with Crippen LogP contribution in [0.1, 0.15) is 39.2 Å². The normalized spacial score (nSPS) is 11.1. The van der Waals surface area contributed by atoms with Gasteiger partial charge in [-0.25, -0.2) is 14.3 Å². The number of benzene rings is 2. The molecule has 0 N–H and O–H groups in total. The Morgan fingerprint density at radius 2 is 1.52 bits per heavy atom. The Bertz CT molecular complexity index is 1050. The second-order valence-electron chi connectivity index (χ2n) is 6.29. The summed E-state index contributed by atoms with van der Waals surface area (Å²) in [6.07, 6.45) is -0.540. The summed E-state index contributed by atoms with van der Waals surface area (Å²) in [5, 5.41) is 4.26. The number of hydrogen-bond acceptors (Lipinski definition) is 5. The fourth-order valence-electron chi connectivity index (χ4n) is 3.00. The number of fused-ring (bicyclic) bond motifs is 1. The molecule has 0 spiro atoms. The molecule has 0 saturated heterocycles. The molecule has 0 aliphatic heterocycles. The summed E-state index contributed by atoms with van der Waals surface area (Å²) in [6, 6.07) is 21.1. The lowest BCUT2D eigenvalue weighted by atomic mass is 10.0. The lowest BCUT2D eigenvalue weighted by Gasteiger charge is -2.18. The van der Waals surface area contributed by atoms with Crippen LogP contribution in [0.5, 0.6) is 0 Å². The van der Waals surface area contributed by atoms with E-state index in [0.29, 0.717) is 5.78 Å². The summed E-state index contributed by atoms with van der Waals surface area (Å²) in [5.74, 6) is -0.209. The highest BCUT2D eigenvalue weighted by atomic mass is 16.5. The molecule has 0 bridgehead atoms. The predicted octanol–water partition coefficient (Wildman–Crippen LogP) is 3.69. The maximum Gasteiger partial charge on any atom is 0.379 e. The Kier molecular flexibility index (Phi) is 4.38. The van der Waals surface area contributed by atoms with Crippen LogP contribution in [0.3, 0.4) is 0 Å². The number of carbonyl (C=O) groups is 1. The van der Waals surface area contributed by atoms with Crippen molar-refractivity contribution in [2.24, 2.45) is 0 Å². The molecule has 2 aromatic heterocycles. The third-order valence-corrected chi connectivity index (χ3v) is 4.23. The Morgan fingerprint density at radius 3 is 2.11 bits per heavy atom. The molecule has 4 aromatic rings. The quantitative estimate of drug-likeness (QED) is 0.521. The molecule has 0 atom stereocenters. The third-order valence-electron chi connectivity index (χ3n) is 4.23. The van der Waals surface area contributed by atoms with Crippen LogP contribution < -0.4 is 0 Å². The van der Waals surface area contributed by atoms with Crippen LogP contribution in [-0.2, 0) is 4.74 Å². The summed E-state index contributed by atoms with van der Waals surface area (Å²) in [5.41, 5.74) is 3.43. The van der Waals surface area contributed by atoms with E-state index in [0.717, 1.165) is 22.5 Å². The maximum absolute atomic E-state index is 12.8. The zero-order valence-electron chi connectivity index (χ0n) is 15.0. The Hall–Kier alpha value is -3.54. The number of ether oxygens (including phenoxy) is 1. The van der Waals surface area contributed by atoms with Gasteiger partial charge >= 0.3 is 5.97 Å². The zero-order valence-corrected chi connectivity index (χ0v) is 15.0. The summed E-state index contributed by atoms with van der Waals surface area (Å²) in [7, 11) is 0. The van der Waals surface area contributed by atoms with Crippen LogP contribution in [0.25, 0.3) is 5.78 Å². The molecule has 0 aliphatic carbocycles. The van der Waals surface area contributed by atoms with Crippen LogP contribution in [0.2, 0.25) is 0 Å². The van der Waals surface area contributed by atoms with E-state index < -0.39 is 12.1 Å². The maximum atomic E-state index is 12.8. The first-order chi connectivity index (χ1) is 13.1. The highest BCUT2D eigenvalue weighted by Gasteiger charge is 2.23. The second kappa shape index (κ2) is 6.99. The lowest BCUT2D eigenvalue weighted by Crippen LogP contribution is -2.14. The fraction of sp³-hybridized carbons (Fsp3) is 0.143. The van der Waals surface area contributed by atoms with Crippen LogP contribution in [0.15, 0.2) is 66.7 Å². The van der Waals surface area contributed by atoms with E-state index in [-0.39, 0.29) is 5.82 Å². The molecule has 2 aromatic carbocycles. The molecule has 27 heavy (non-hydrogen) atoms. The van der Waals surface area contributed by atoms with Gasteiger partial charge in [0.1, 0.15) is 0 Å². The molecule has 0 saturated carbocycles. The number of hydrogen-bond donors (Lipinski definition) is 0. The van der Waals surface area contributed by atoms with Crippen molar-refractivity contribution < 1.29 is 9.53 Å². The summed E-state index contributed by atoms with van der Waals surface area (Å²) >= 11 is 0. The van der Waals surface area contributed by atoms with Crippen molar-refractivity contribution in [2.75, 3.05) is 0 Å². The third kappa shape index (κ3) is 3.42. The first-order valence-electron chi connectivity index (χ1n) is 8.64. The van der Waals surface area contributed by atoms with Gasteiger partial charge in [-0.05, 0) is 31.0 Å². The van der Waals surface area contributed by atoms with Crippen molar-refractivity contribution >= 4 is 11.7 Å². The highest BCUT2D eigenvalue weighted by molar-refractivity contribution is 5.86. The van der Waals surface area contributed by atoms with Crippen LogP contribution in [0, 0.1) is 13.8 Å². The average molecular weight is 358 g/mol. The van der Waals surface area contributed by atoms with Crippen molar-refractivity contribution in [1.29, 1.82) is 0 Å². The summed E-state index contributed by atoms with van der Waals surface area (Å²) < 4.78 is 7.35. The smallest absolute Gasteiger partial charge is 0.379 e. The van der Waals surface area contributed by atoms with Gasteiger partial charge < -0.3 is 4.74 Å². The van der Waals surface area contributed by atoms with Gasteiger partial charge in [-0.2, -0.15) is 4.98 Å². The van der Waals surface area contributed by atoms with Gasteiger partial charge in [0.05, 0.1) is 0 Å². The monoisotopic (exact) mass is 358 g/mol. The first kappa shape index (κ1) is 16.9. The van der Waals surface area contributed by atoms with E-state index in [1.807, 2.05) is 80.6 Å². The van der Waals surface area contributed by atoms with E-state index in [1.165, 1.54) is 0 Å². The number of carbonyl (C=O) groups excluding carboxylic acids is 1. The Labute approximate surface area is 156 Å². The number of rotatable bonds is 4. The number of esters is 1. The van der Waals surface area contributed by atoms with E-state index in [2.05, 4.69) is 15.1 Å². The highest BCUT2D eigenvalue weighted by Crippen LogP contribution is 2.26. The molecule has 4 rings (SSSR count). The van der Waals surface area contributed by atoms with Gasteiger partial charge in [0.2, 0.25) is 0 Å². The Balaban J connectivity index is 1.69. The van der Waals surface area contributed by atoms with Gasteiger partial charge in [-0.3, -0.25) is 0 Å². The summed E-state index contributed by atoms with van der Waals surface area (Å²) in [4.78, 5) is 21.3. The molecule has 0 radical (unpaired) electrons. The second-order valence-corrected chi connectivity index (χ2v) is 6.29. The van der Waals surface area contributed by atoms with Crippen LogP contribution in [-0.4, -0.2) is 25.6 Å². The van der Waals surface area contributed by atoms with Crippen molar-refractivity contribution in [3.05, 3.63) is 95.1 Å². The van der Waals surface area contributed by atoms with Crippen LogP contribution >= 0.6 is 0 Å². The molecule has 6 heteroatoms. The SMILES string of the molecule is Cc1cc(C)n2nc(C(=O)OC(c3ccccc3)c3ccccc3)nc2n1. The van der Waals surface area contributed by atoms with Crippen molar-refractivity contribution in [3.63, 3.8) is 0 Å².